The van der Waals surface area contributed by atoms with Gasteiger partial charge in [-0.05, 0) is 51.1 Å². The van der Waals surface area contributed by atoms with Crippen LogP contribution >= 0.6 is 11.8 Å². The summed E-state index contributed by atoms with van der Waals surface area (Å²) >= 11 is 1.23. The SMILES string of the molecule is CCOc1ccccc1[C@H]1C(C#N)=C(SCC(=O)Nc2ccc(C)cc2)NC(C)=C1C(=O)Nc1ccccc1. The number of thioether (sulfide) groups is 1. The Morgan fingerprint density at radius 2 is 1.62 bits per heavy atom. The number of benzene rings is 3. The van der Waals surface area contributed by atoms with Gasteiger partial charge in [-0.3, -0.25) is 9.59 Å². The van der Waals surface area contributed by atoms with E-state index < -0.39 is 5.92 Å². The molecular formula is C31H30N4O3S. The fraction of sp³-hybridized carbons (Fsp3) is 0.194. The van der Waals surface area contributed by atoms with Crippen molar-refractivity contribution in [3.8, 4) is 11.8 Å². The number of anilines is 2. The molecule has 198 valence electrons. The minimum Gasteiger partial charge on any atom is -0.494 e. The van der Waals surface area contributed by atoms with Crippen LogP contribution in [0.3, 0.4) is 0 Å². The number of nitriles is 1. The monoisotopic (exact) mass is 538 g/mol. The number of amides is 2. The quantitative estimate of drug-likeness (QED) is 0.304. The lowest BCUT2D eigenvalue weighted by atomic mass is 9.81. The Morgan fingerprint density at radius 1 is 0.949 bits per heavy atom. The molecule has 3 aromatic carbocycles. The Labute approximate surface area is 233 Å². The largest absolute Gasteiger partial charge is 0.494 e. The van der Waals surface area contributed by atoms with Crippen molar-refractivity contribution in [1.29, 1.82) is 5.26 Å². The Kier molecular flexibility index (Phi) is 9.08. The van der Waals surface area contributed by atoms with Gasteiger partial charge in [0.1, 0.15) is 5.75 Å². The zero-order chi connectivity index (χ0) is 27.8. The van der Waals surface area contributed by atoms with Gasteiger partial charge in [0.2, 0.25) is 5.91 Å². The summed E-state index contributed by atoms with van der Waals surface area (Å²) < 4.78 is 5.90. The van der Waals surface area contributed by atoms with Crippen LogP contribution in [0.15, 0.2) is 101 Å². The Bertz CT molecular complexity index is 1460. The predicted molar refractivity (Wildman–Crippen MR) is 156 cm³/mol. The molecule has 8 heteroatoms. The van der Waals surface area contributed by atoms with E-state index in [0.717, 1.165) is 5.56 Å². The van der Waals surface area contributed by atoms with E-state index in [2.05, 4.69) is 22.0 Å². The van der Waals surface area contributed by atoms with Gasteiger partial charge in [0.15, 0.2) is 0 Å². The molecule has 39 heavy (non-hydrogen) atoms. The topological polar surface area (TPSA) is 103 Å². The third-order valence-electron chi connectivity index (χ3n) is 6.14. The number of hydrogen-bond acceptors (Lipinski definition) is 6. The molecule has 0 saturated heterocycles. The number of carbonyl (C=O) groups is 2. The first-order valence-corrected chi connectivity index (χ1v) is 13.6. The second kappa shape index (κ2) is 12.9. The lowest BCUT2D eigenvalue weighted by molar-refractivity contribution is -0.114. The van der Waals surface area contributed by atoms with Crippen LogP contribution in [-0.4, -0.2) is 24.2 Å². The molecule has 0 radical (unpaired) electrons. The normalized spacial score (nSPS) is 14.8. The number of allylic oxidation sites excluding steroid dienone is 2. The van der Waals surface area contributed by atoms with Crippen molar-refractivity contribution in [2.24, 2.45) is 0 Å². The van der Waals surface area contributed by atoms with Crippen LogP contribution < -0.4 is 20.7 Å². The van der Waals surface area contributed by atoms with E-state index in [1.54, 1.807) is 6.92 Å². The molecule has 1 heterocycles. The molecule has 1 aliphatic heterocycles. The molecule has 1 atom stereocenters. The Hall–Kier alpha value is -4.48. The third-order valence-corrected chi connectivity index (χ3v) is 7.15. The number of nitrogens with one attached hydrogen (secondary N) is 3. The number of carbonyl (C=O) groups excluding carboxylic acids is 2. The number of ether oxygens (including phenoxy) is 1. The first-order chi connectivity index (χ1) is 18.9. The minimum absolute atomic E-state index is 0.0834. The molecule has 0 fully saturated rings. The lowest BCUT2D eigenvalue weighted by Crippen LogP contribution is -2.31. The Morgan fingerprint density at radius 3 is 2.31 bits per heavy atom. The fourth-order valence-electron chi connectivity index (χ4n) is 4.34. The van der Waals surface area contributed by atoms with Gasteiger partial charge in [-0.1, -0.05) is 65.9 Å². The van der Waals surface area contributed by atoms with E-state index in [-0.39, 0.29) is 17.6 Å². The summed E-state index contributed by atoms with van der Waals surface area (Å²) in [4.78, 5) is 26.4. The summed E-state index contributed by atoms with van der Waals surface area (Å²) in [5.74, 6) is -0.531. The van der Waals surface area contributed by atoms with E-state index in [1.165, 1.54) is 11.8 Å². The van der Waals surface area contributed by atoms with Crippen LogP contribution in [-0.2, 0) is 9.59 Å². The number of aryl methyl sites for hydroxylation is 1. The van der Waals surface area contributed by atoms with Gasteiger partial charge < -0.3 is 20.7 Å². The number of hydrogen-bond donors (Lipinski definition) is 3. The Balaban J connectivity index is 1.67. The average Bonchev–Trinajstić information content (AvgIpc) is 2.93. The highest BCUT2D eigenvalue weighted by Gasteiger charge is 2.36. The molecule has 0 aliphatic carbocycles. The summed E-state index contributed by atoms with van der Waals surface area (Å²) in [5.41, 5.74) is 4.52. The number of nitrogens with zero attached hydrogens (tertiary/aromatic N) is 1. The van der Waals surface area contributed by atoms with Gasteiger partial charge in [-0.25, -0.2) is 0 Å². The first-order valence-electron chi connectivity index (χ1n) is 12.6. The highest BCUT2D eigenvalue weighted by Crippen LogP contribution is 2.44. The van der Waals surface area contributed by atoms with E-state index >= 15 is 0 Å². The number of rotatable bonds is 9. The van der Waals surface area contributed by atoms with Gasteiger partial charge in [-0.15, -0.1) is 0 Å². The molecule has 1 aliphatic rings. The number of para-hydroxylation sites is 2. The molecule has 3 aromatic rings. The van der Waals surface area contributed by atoms with Crippen molar-refractivity contribution in [3.05, 3.63) is 112 Å². The van der Waals surface area contributed by atoms with Crippen molar-refractivity contribution in [3.63, 3.8) is 0 Å². The third kappa shape index (κ3) is 6.70. The molecule has 0 spiro atoms. The van der Waals surface area contributed by atoms with Gasteiger partial charge in [0.05, 0.1) is 34.9 Å². The smallest absolute Gasteiger partial charge is 0.254 e. The van der Waals surface area contributed by atoms with Crippen LogP contribution in [0.5, 0.6) is 5.75 Å². The molecule has 3 N–H and O–H groups in total. The zero-order valence-electron chi connectivity index (χ0n) is 22.1. The van der Waals surface area contributed by atoms with E-state index in [0.29, 0.717) is 51.2 Å². The fourth-order valence-corrected chi connectivity index (χ4v) is 5.23. The van der Waals surface area contributed by atoms with Crippen molar-refractivity contribution in [2.45, 2.75) is 26.7 Å². The highest BCUT2D eigenvalue weighted by atomic mass is 32.2. The maximum absolute atomic E-state index is 13.6. The van der Waals surface area contributed by atoms with Gasteiger partial charge in [0, 0.05) is 28.2 Å². The zero-order valence-corrected chi connectivity index (χ0v) is 22.9. The van der Waals surface area contributed by atoms with Crippen LogP contribution in [0.1, 0.15) is 30.9 Å². The standard InChI is InChI=1S/C31H30N4O3S/c1-4-38-26-13-9-8-12-24(26)29-25(18-32)31(39-19-27(36)34-23-16-14-20(2)15-17-23)33-21(3)28(29)30(37)35-22-10-6-5-7-11-22/h5-17,29,33H,4,19H2,1-3H3,(H,34,36)(H,35,37)/t29-/m0/s1. The second-order valence-corrected chi connectivity index (χ2v) is 9.93. The van der Waals surface area contributed by atoms with Crippen molar-refractivity contribution in [1.82, 2.24) is 5.32 Å². The van der Waals surface area contributed by atoms with E-state index in [4.69, 9.17) is 4.74 Å². The van der Waals surface area contributed by atoms with Crippen LogP contribution in [0.2, 0.25) is 0 Å². The molecule has 4 rings (SSSR count). The molecule has 7 nitrogen and oxygen atoms in total. The molecule has 0 aromatic heterocycles. The van der Waals surface area contributed by atoms with Gasteiger partial charge in [0.25, 0.3) is 5.91 Å². The predicted octanol–water partition coefficient (Wildman–Crippen LogP) is 6.10. The summed E-state index contributed by atoms with van der Waals surface area (Å²) in [6, 6.07) is 26.5. The summed E-state index contributed by atoms with van der Waals surface area (Å²) in [6.45, 7) is 6.11. The lowest BCUT2D eigenvalue weighted by Gasteiger charge is -2.30. The van der Waals surface area contributed by atoms with Crippen molar-refractivity contribution < 1.29 is 14.3 Å². The molecule has 0 unspecified atom stereocenters. The molecule has 0 bridgehead atoms. The number of dihydropyridines is 1. The van der Waals surface area contributed by atoms with Gasteiger partial charge in [-0.2, -0.15) is 5.26 Å². The van der Waals surface area contributed by atoms with Crippen molar-refractivity contribution >= 4 is 35.0 Å². The maximum Gasteiger partial charge on any atom is 0.254 e. The van der Waals surface area contributed by atoms with E-state index in [1.807, 2.05) is 92.7 Å². The maximum atomic E-state index is 13.6. The van der Waals surface area contributed by atoms with Crippen LogP contribution in [0.25, 0.3) is 0 Å². The molecule has 2 amide bonds. The minimum atomic E-state index is -0.689. The highest BCUT2D eigenvalue weighted by molar-refractivity contribution is 8.03. The first kappa shape index (κ1) is 27.6. The molecule has 0 saturated carbocycles. The summed E-state index contributed by atoms with van der Waals surface area (Å²) in [5, 5.41) is 20.0. The van der Waals surface area contributed by atoms with E-state index in [9.17, 15) is 14.9 Å². The average molecular weight is 539 g/mol. The summed E-state index contributed by atoms with van der Waals surface area (Å²) in [7, 11) is 0. The molecular weight excluding hydrogens is 508 g/mol. The summed E-state index contributed by atoms with van der Waals surface area (Å²) in [6.07, 6.45) is 0. The van der Waals surface area contributed by atoms with Crippen LogP contribution in [0.4, 0.5) is 11.4 Å². The second-order valence-electron chi connectivity index (χ2n) is 8.95. The van der Waals surface area contributed by atoms with Crippen LogP contribution in [0, 0.1) is 18.3 Å². The van der Waals surface area contributed by atoms with Crippen molar-refractivity contribution in [2.75, 3.05) is 23.0 Å². The van der Waals surface area contributed by atoms with Gasteiger partial charge >= 0.3 is 0 Å².